The molecule has 2 heterocycles. The zero-order chi connectivity index (χ0) is 14.2. The van der Waals surface area contributed by atoms with E-state index < -0.39 is 6.04 Å². The Morgan fingerprint density at radius 1 is 1.47 bits per heavy atom. The summed E-state index contributed by atoms with van der Waals surface area (Å²) < 4.78 is 4.97. The molecule has 0 saturated carbocycles. The summed E-state index contributed by atoms with van der Waals surface area (Å²) in [6.45, 7) is 4.82. The van der Waals surface area contributed by atoms with Gasteiger partial charge in [-0.3, -0.25) is 19.3 Å². The quantitative estimate of drug-likeness (QED) is 0.593. The Morgan fingerprint density at radius 2 is 2.16 bits per heavy atom. The molecule has 0 bridgehead atoms. The first kappa shape index (κ1) is 13.9. The standard InChI is InChI=1S/C12H16N2O4S/c1-6-9(4-18-8(3)16)5-19-12-10(13-7(2)15)11(17)14(6)12/h10,12H,4-5H2,1-3H3,(H,13,15). The van der Waals surface area contributed by atoms with Crippen molar-refractivity contribution in [1.29, 1.82) is 0 Å². The fraction of sp³-hybridized carbons (Fsp3) is 0.583. The summed E-state index contributed by atoms with van der Waals surface area (Å²) in [5.41, 5.74) is 1.77. The number of amides is 2. The van der Waals surface area contributed by atoms with Crippen LogP contribution in [0.25, 0.3) is 0 Å². The maximum atomic E-state index is 12.0. The van der Waals surface area contributed by atoms with Crippen LogP contribution in [-0.2, 0) is 19.1 Å². The lowest BCUT2D eigenvalue weighted by molar-refractivity contribution is -0.145. The van der Waals surface area contributed by atoms with Gasteiger partial charge in [0.2, 0.25) is 5.91 Å². The molecule has 0 aromatic rings. The van der Waals surface area contributed by atoms with Crippen LogP contribution in [0.15, 0.2) is 11.3 Å². The fourth-order valence-corrected chi connectivity index (χ4v) is 3.59. The van der Waals surface area contributed by atoms with E-state index in [9.17, 15) is 14.4 Å². The lowest BCUT2D eigenvalue weighted by atomic mass is 10.0. The third-order valence-corrected chi connectivity index (χ3v) is 4.49. The molecule has 1 fully saturated rings. The van der Waals surface area contributed by atoms with Crippen molar-refractivity contribution < 1.29 is 19.1 Å². The number of carbonyl (C=O) groups excluding carboxylic acids is 3. The molecule has 2 unspecified atom stereocenters. The summed E-state index contributed by atoms with van der Waals surface area (Å²) in [5.74, 6) is 0.0542. The Kier molecular flexibility index (Phi) is 3.84. The minimum atomic E-state index is -0.437. The Hall–Kier alpha value is -1.50. The normalized spacial score (nSPS) is 25.6. The van der Waals surface area contributed by atoms with Gasteiger partial charge in [-0.1, -0.05) is 0 Å². The van der Waals surface area contributed by atoms with E-state index in [1.165, 1.54) is 13.8 Å². The van der Waals surface area contributed by atoms with Crippen molar-refractivity contribution in [3.8, 4) is 0 Å². The highest BCUT2D eigenvalue weighted by molar-refractivity contribution is 8.00. The van der Waals surface area contributed by atoms with E-state index in [1.54, 1.807) is 16.7 Å². The van der Waals surface area contributed by atoms with E-state index in [4.69, 9.17) is 4.74 Å². The van der Waals surface area contributed by atoms with Crippen molar-refractivity contribution in [1.82, 2.24) is 10.2 Å². The summed E-state index contributed by atoms with van der Waals surface area (Å²) in [4.78, 5) is 35.5. The zero-order valence-electron chi connectivity index (χ0n) is 11.1. The molecular weight excluding hydrogens is 268 g/mol. The van der Waals surface area contributed by atoms with E-state index in [2.05, 4.69) is 5.32 Å². The van der Waals surface area contributed by atoms with Crippen molar-refractivity contribution in [2.45, 2.75) is 32.2 Å². The van der Waals surface area contributed by atoms with Gasteiger partial charge in [-0.25, -0.2) is 0 Å². The number of carbonyl (C=O) groups is 3. The number of fused-ring (bicyclic) bond motifs is 1. The van der Waals surface area contributed by atoms with E-state index in [0.29, 0.717) is 5.75 Å². The molecule has 0 aromatic heterocycles. The zero-order valence-corrected chi connectivity index (χ0v) is 11.9. The van der Waals surface area contributed by atoms with Gasteiger partial charge in [0, 0.05) is 25.3 Å². The van der Waals surface area contributed by atoms with E-state index in [-0.39, 0.29) is 29.8 Å². The van der Waals surface area contributed by atoms with Crippen LogP contribution in [0.1, 0.15) is 20.8 Å². The van der Waals surface area contributed by atoms with Crippen molar-refractivity contribution in [2.75, 3.05) is 12.4 Å². The number of thioether (sulfide) groups is 1. The maximum Gasteiger partial charge on any atom is 0.302 e. The minimum absolute atomic E-state index is 0.0440. The van der Waals surface area contributed by atoms with Crippen LogP contribution in [0.5, 0.6) is 0 Å². The molecule has 0 aromatic carbocycles. The maximum absolute atomic E-state index is 12.0. The predicted octanol–water partition coefficient (Wildman–Crippen LogP) is 0.243. The molecule has 1 N–H and O–H groups in total. The number of ether oxygens (including phenoxy) is 1. The number of rotatable bonds is 3. The third-order valence-electron chi connectivity index (χ3n) is 3.15. The van der Waals surface area contributed by atoms with Crippen molar-refractivity contribution in [3.63, 3.8) is 0 Å². The van der Waals surface area contributed by atoms with Crippen LogP contribution in [0.4, 0.5) is 0 Å². The second-order valence-corrected chi connectivity index (χ2v) is 5.66. The molecule has 6 nitrogen and oxygen atoms in total. The molecule has 7 heteroatoms. The molecule has 2 aliphatic heterocycles. The van der Waals surface area contributed by atoms with E-state index in [1.807, 2.05) is 6.92 Å². The van der Waals surface area contributed by atoms with Gasteiger partial charge >= 0.3 is 5.97 Å². The first-order valence-electron chi connectivity index (χ1n) is 5.95. The summed E-state index contributed by atoms with van der Waals surface area (Å²) in [5, 5.41) is 2.61. The summed E-state index contributed by atoms with van der Waals surface area (Å²) in [6.07, 6.45) is 0. The summed E-state index contributed by atoms with van der Waals surface area (Å²) >= 11 is 1.57. The molecule has 2 aliphatic rings. The number of nitrogens with one attached hydrogen (secondary N) is 1. The van der Waals surface area contributed by atoms with Gasteiger partial charge in [-0.15, -0.1) is 11.8 Å². The van der Waals surface area contributed by atoms with Gasteiger partial charge in [-0.05, 0) is 12.5 Å². The number of nitrogens with zero attached hydrogens (tertiary/aromatic N) is 1. The highest BCUT2D eigenvalue weighted by Gasteiger charge is 2.51. The molecule has 0 radical (unpaired) electrons. The van der Waals surface area contributed by atoms with Gasteiger partial charge in [0.05, 0.1) is 0 Å². The Morgan fingerprint density at radius 3 is 2.74 bits per heavy atom. The van der Waals surface area contributed by atoms with Crippen molar-refractivity contribution >= 4 is 29.5 Å². The minimum Gasteiger partial charge on any atom is -0.461 e. The predicted molar refractivity (Wildman–Crippen MR) is 70.0 cm³/mol. The molecular formula is C12H16N2O4S. The molecule has 19 heavy (non-hydrogen) atoms. The molecule has 2 rings (SSSR count). The molecule has 2 amide bonds. The second kappa shape index (κ2) is 5.24. The Labute approximate surface area is 115 Å². The third kappa shape index (κ3) is 2.60. The van der Waals surface area contributed by atoms with E-state index >= 15 is 0 Å². The van der Waals surface area contributed by atoms with Gasteiger partial charge in [0.1, 0.15) is 18.0 Å². The van der Waals surface area contributed by atoms with Crippen molar-refractivity contribution in [2.24, 2.45) is 0 Å². The average molecular weight is 284 g/mol. The second-order valence-electron chi connectivity index (χ2n) is 4.56. The van der Waals surface area contributed by atoms with Crippen LogP contribution < -0.4 is 5.32 Å². The highest BCUT2D eigenvalue weighted by atomic mass is 32.2. The van der Waals surface area contributed by atoms with Gasteiger partial charge in [0.15, 0.2) is 0 Å². The van der Waals surface area contributed by atoms with Crippen LogP contribution in [0.3, 0.4) is 0 Å². The number of hydrogen-bond acceptors (Lipinski definition) is 5. The first-order chi connectivity index (χ1) is 8.91. The fourth-order valence-electron chi connectivity index (χ4n) is 2.14. The molecule has 104 valence electrons. The molecule has 0 spiro atoms. The summed E-state index contributed by atoms with van der Waals surface area (Å²) in [6, 6.07) is -0.437. The Balaban J connectivity index is 2.06. The average Bonchev–Trinajstić information content (AvgIpc) is 2.33. The van der Waals surface area contributed by atoms with Crippen LogP contribution in [-0.4, -0.2) is 46.5 Å². The van der Waals surface area contributed by atoms with Crippen LogP contribution >= 0.6 is 11.8 Å². The smallest absolute Gasteiger partial charge is 0.302 e. The molecule has 1 saturated heterocycles. The lowest BCUT2D eigenvalue weighted by Gasteiger charge is -2.50. The monoisotopic (exact) mass is 284 g/mol. The van der Waals surface area contributed by atoms with Crippen LogP contribution in [0, 0.1) is 0 Å². The van der Waals surface area contributed by atoms with Gasteiger partial charge in [0.25, 0.3) is 5.91 Å². The van der Waals surface area contributed by atoms with Crippen molar-refractivity contribution in [3.05, 3.63) is 11.3 Å². The largest absolute Gasteiger partial charge is 0.461 e. The number of β-lactam (4-membered cyclic amide) rings is 1. The molecule has 2 atom stereocenters. The SMILES string of the molecule is CC(=O)NC1C(=O)N2C(C)=C(COC(C)=O)CSC12. The molecule has 0 aliphatic carbocycles. The summed E-state index contributed by atoms with van der Waals surface area (Å²) in [7, 11) is 0. The topological polar surface area (TPSA) is 75.7 Å². The number of esters is 1. The number of allylic oxidation sites excluding steroid dienone is 1. The Bertz CT molecular complexity index is 474. The highest BCUT2D eigenvalue weighted by Crippen LogP contribution is 2.39. The van der Waals surface area contributed by atoms with Gasteiger partial charge in [-0.2, -0.15) is 0 Å². The number of hydrogen-bond donors (Lipinski definition) is 1. The van der Waals surface area contributed by atoms with E-state index in [0.717, 1.165) is 11.3 Å². The van der Waals surface area contributed by atoms with Crippen LogP contribution in [0.2, 0.25) is 0 Å². The first-order valence-corrected chi connectivity index (χ1v) is 7.00. The lowest BCUT2D eigenvalue weighted by Crippen LogP contribution is -2.69. The van der Waals surface area contributed by atoms with Gasteiger partial charge < -0.3 is 10.1 Å².